The highest BCUT2D eigenvalue weighted by molar-refractivity contribution is 6.05. The van der Waals surface area contributed by atoms with E-state index in [0.717, 1.165) is 5.56 Å². The molecule has 0 radical (unpaired) electrons. The van der Waals surface area contributed by atoms with Gasteiger partial charge in [-0.15, -0.1) is 0 Å². The highest BCUT2D eigenvalue weighted by Crippen LogP contribution is 2.13. The molecule has 4 rings (SSSR count). The van der Waals surface area contributed by atoms with Crippen LogP contribution in [0, 0.1) is 0 Å². The number of aromatic nitrogens is 3. The smallest absolute Gasteiger partial charge is 0.267 e. The Morgan fingerprint density at radius 3 is 2.20 bits per heavy atom. The normalized spacial score (nSPS) is 10.5. The van der Waals surface area contributed by atoms with Crippen LogP contribution in [0.3, 0.4) is 0 Å². The lowest BCUT2D eigenvalue weighted by Crippen LogP contribution is -2.43. The Hall–Kier alpha value is -4.33. The van der Waals surface area contributed by atoms with Crippen molar-refractivity contribution < 1.29 is 9.59 Å². The Labute approximate surface area is 171 Å². The first kappa shape index (κ1) is 19.0. The summed E-state index contributed by atoms with van der Waals surface area (Å²) in [6.45, 7) is 0.213. The van der Waals surface area contributed by atoms with Gasteiger partial charge in [0, 0.05) is 11.6 Å². The summed E-state index contributed by atoms with van der Waals surface area (Å²) in [5.41, 5.74) is 5.42. The lowest BCUT2D eigenvalue weighted by Gasteiger charge is -2.12. The minimum atomic E-state index is -0.641. The van der Waals surface area contributed by atoms with E-state index in [0.29, 0.717) is 10.8 Å². The molecule has 0 aliphatic carbocycles. The van der Waals surface area contributed by atoms with Crippen LogP contribution in [-0.2, 0) is 6.54 Å². The molecule has 148 valence electrons. The number of rotatable bonds is 4. The Balaban J connectivity index is 1.65. The summed E-state index contributed by atoms with van der Waals surface area (Å²) in [4.78, 5) is 41.7. The summed E-state index contributed by atoms with van der Waals surface area (Å²) < 4.78 is 1.24. The Morgan fingerprint density at radius 2 is 1.47 bits per heavy atom. The van der Waals surface area contributed by atoms with Crippen molar-refractivity contribution in [3.8, 4) is 0 Å². The largest absolute Gasteiger partial charge is 0.290 e. The first-order valence-electron chi connectivity index (χ1n) is 9.19. The maximum Gasteiger partial charge on any atom is 0.290 e. The number of fused-ring (bicyclic) bond motifs is 1. The van der Waals surface area contributed by atoms with Crippen molar-refractivity contribution in [3.05, 3.63) is 106 Å². The number of hydrogen-bond acceptors (Lipinski definition) is 5. The molecular weight excluding hydrogens is 382 g/mol. The molecule has 0 aliphatic rings. The van der Waals surface area contributed by atoms with Gasteiger partial charge in [-0.3, -0.25) is 30.2 Å². The van der Waals surface area contributed by atoms with Crippen LogP contribution in [0.4, 0.5) is 0 Å². The summed E-state index contributed by atoms with van der Waals surface area (Å²) in [7, 11) is 0. The molecule has 0 aliphatic heterocycles. The summed E-state index contributed by atoms with van der Waals surface area (Å²) >= 11 is 0. The molecule has 0 atom stereocenters. The van der Waals surface area contributed by atoms with E-state index in [4.69, 9.17) is 0 Å². The fourth-order valence-corrected chi connectivity index (χ4v) is 3.00. The number of nitrogens with zero attached hydrogens (tertiary/aromatic N) is 3. The number of amides is 2. The van der Waals surface area contributed by atoms with Crippen LogP contribution in [0.1, 0.15) is 26.5 Å². The molecule has 0 unspecified atom stereocenters. The average Bonchev–Trinajstić information content (AvgIpc) is 2.80. The number of hydrogen-bond donors (Lipinski definition) is 2. The fourth-order valence-electron chi connectivity index (χ4n) is 3.00. The Bertz CT molecular complexity index is 1270. The molecule has 2 aromatic carbocycles. The van der Waals surface area contributed by atoms with Gasteiger partial charge in [-0.25, -0.2) is 4.68 Å². The molecule has 0 fully saturated rings. The van der Waals surface area contributed by atoms with Crippen molar-refractivity contribution in [2.75, 3.05) is 0 Å². The van der Waals surface area contributed by atoms with E-state index in [1.54, 1.807) is 36.4 Å². The van der Waals surface area contributed by atoms with E-state index in [-0.39, 0.29) is 23.5 Å². The zero-order chi connectivity index (χ0) is 20.9. The maximum atomic E-state index is 12.8. The molecule has 2 amide bonds. The number of benzene rings is 2. The van der Waals surface area contributed by atoms with Crippen molar-refractivity contribution in [3.63, 3.8) is 0 Å². The number of hydrazine groups is 1. The van der Waals surface area contributed by atoms with Gasteiger partial charge < -0.3 is 0 Å². The molecular formula is C22H17N5O3. The van der Waals surface area contributed by atoms with Gasteiger partial charge >= 0.3 is 0 Å². The van der Waals surface area contributed by atoms with Crippen molar-refractivity contribution in [1.82, 2.24) is 25.6 Å². The molecule has 8 heteroatoms. The highest BCUT2D eigenvalue weighted by atomic mass is 16.2. The van der Waals surface area contributed by atoms with Gasteiger partial charge in [0.1, 0.15) is 5.69 Å². The number of pyridine rings is 1. The van der Waals surface area contributed by atoms with Gasteiger partial charge in [-0.1, -0.05) is 54.6 Å². The number of carbonyl (C=O) groups excluding carboxylic acids is 2. The average molecular weight is 399 g/mol. The highest BCUT2D eigenvalue weighted by Gasteiger charge is 2.18. The molecule has 2 aromatic heterocycles. The number of nitrogens with one attached hydrogen (secondary N) is 2. The van der Waals surface area contributed by atoms with Gasteiger partial charge in [-0.05, 0) is 23.8 Å². The first-order valence-corrected chi connectivity index (χ1v) is 9.19. The molecule has 0 saturated heterocycles. The fraction of sp³-hybridized carbons (Fsp3) is 0.0455. The second kappa shape index (κ2) is 8.36. The molecule has 30 heavy (non-hydrogen) atoms. The van der Waals surface area contributed by atoms with Crippen LogP contribution in [0.2, 0.25) is 0 Å². The van der Waals surface area contributed by atoms with E-state index in [2.05, 4.69) is 20.9 Å². The zero-order valence-corrected chi connectivity index (χ0v) is 15.8. The van der Waals surface area contributed by atoms with Gasteiger partial charge in [0.15, 0.2) is 5.69 Å². The SMILES string of the molecule is O=C(NNC(=O)c1nn(Cc2ccccc2)c(=O)c2ccccc12)c1ccccn1. The molecule has 4 aromatic rings. The quantitative estimate of drug-likeness (QED) is 0.510. The van der Waals surface area contributed by atoms with E-state index in [9.17, 15) is 14.4 Å². The van der Waals surface area contributed by atoms with Crippen molar-refractivity contribution in [2.45, 2.75) is 6.54 Å². The maximum absolute atomic E-state index is 12.8. The topological polar surface area (TPSA) is 106 Å². The van der Waals surface area contributed by atoms with Crippen LogP contribution < -0.4 is 16.4 Å². The third kappa shape index (κ3) is 3.93. The zero-order valence-electron chi connectivity index (χ0n) is 15.8. The van der Waals surface area contributed by atoms with Crippen molar-refractivity contribution in [2.24, 2.45) is 0 Å². The third-order valence-electron chi connectivity index (χ3n) is 4.45. The Morgan fingerprint density at radius 1 is 0.800 bits per heavy atom. The van der Waals surface area contributed by atoms with Gasteiger partial charge in [0.2, 0.25) is 0 Å². The van der Waals surface area contributed by atoms with E-state index in [1.165, 1.54) is 16.9 Å². The predicted molar refractivity (Wildman–Crippen MR) is 111 cm³/mol. The molecule has 2 heterocycles. The van der Waals surface area contributed by atoms with Crippen LogP contribution >= 0.6 is 0 Å². The lowest BCUT2D eigenvalue weighted by atomic mass is 10.1. The van der Waals surface area contributed by atoms with Gasteiger partial charge in [0.05, 0.1) is 11.9 Å². The minimum Gasteiger partial charge on any atom is -0.267 e. The molecule has 0 spiro atoms. The molecule has 8 nitrogen and oxygen atoms in total. The predicted octanol–water partition coefficient (Wildman–Crippen LogP) is 1.91. The second-order valence-electron chi connectivity index (χ2n) is 6.47. The van der Waals surface area contributed by atoms with Crippen LogP contribution in [0.5, 0.6) is 0 Å². The monoisotopic (exact) mass is 399 g/mol. The van der Waals surface area contributed by atoms with Crippen molar-refractivity contribution in [1.29, 1.82) is 0 Å². The Kier molecular flexibility index (Phi) is 5.29. The molecule has 0 bridgehead atoms. The summed E-state index contributed by atoms with van der Waals surface area (Å²) in [6.07, 6.45) is 1.48. The van der Waals surface area contributed by atoms with Crippen molar-refractivity contribution >= 4 is 22.6 Å². The van der Waals surface area contributed by atoms with Gasteiger partial charge in [-0.2, -0.15) is 5.10 Å². The minimum absolute atomic E-state index is 0.0300. The number of carbonyl (C=O) groups is 2. The summed E-state index contributed by atoms with van der Waals surface area (Å²) in [6, 6.07) is 20.9. The van der Waals surface area contributed by atoms with Crippen LogP contribution in [-0.4, -0.2) is 26.6 Å². The van der Waals surface area contributed by atoms with Crippen LogP contribution in [0.25, 0.3) is 10.8 Å². The second-order valence-corrected chi connectivity index (χ2v) is 6.47. The van der Waals surface area contributed by atoms with E-state index >= 15 is 0 Å². The van der Waals surface area contributed by atoms with E-state index in [1.807, 2.05) is 30.3 Å². The summed E-state index contributed by atoms with van der Waals surface area (Å²) in [5, 5.41) is 5.04. The van der Waals surface area contributed by atoms with E-state index < -0.39 is 11.8 Å². The first-order chi connectivity index (χ1) is 14.6. The standard InChI is InChI=1S/C22H17N5O3/c28-20(18-12-6-7-13-23-18)24-25-21(29)19-16-10-4-5-11-17(16)22(30)27(26-19)14-15-8-2-1-3-9-15/h1-13H,14H2,(H,24,28)(H,25,29). The molecule has 2 N–H and O–H groups in total. The van der Waals surface area contributed by atoms with Gasteiger partial charge in [0.25, 0.3) is 17.4 Å². The summed E-state index contributed by atoms with van der Waals surface area (Å²) in [5.74, 6) is -1.21. The molecule has 0 saturated carbocycles. The lowest BCUT2D eigenvalue weighted by molar-refractivity contribution is 0.0841. The third-order valence-corrected chi connectivity index (χ3v) is 4.45. The van der Waals surface area contributed by atoms with Crippen LogP contribution in [0.15, 0.2) is 83.8 Å².